The molecule has 1 aliphatic carbocycles. The molecule has 0 saturated carbocycles. The van der Waals surface area contributed by atoms with Gasteiger partial charge in [-0.25, -0.2) is 0 Å². The minimum atomic E-state index is -0.469. The number of thiophene rings is 1. The summed E-state index contributed by atoms with van der Waals surface area (Å²) >= 11 is 1.88. The summed E-state index contributed by atoms with van der Waals surface area (Å²) in [6.45, 7) is 0. The molecule has 0 bridgehead atoms. The van der Waals surface area contributed by atoms with Crippen molar-refractivity contribution in [1.82, 2.24) is 0 Å². The Balaban J connectivity index is 1.03. The molecule has 1 aliphatic rings. The molecular weight excluding hydrogens is 779 g/mol. The summed E-state index contributed by atoms with van der Waals surface area (Å²) < 4.78 is 2.63. The molecule has 11 aromatic carbocycles. The minimum absolute atomic E-state index is 0.469. The Morgan fingerprint density at radius 3 is 1.49 bits per heavy atom. The van der Waals surface area contributed by atoms with Gasteiger partial charge in [0, 0.05) is 37.2 Å². The molecule has 0 saturated heterocycles. The van der Waals surface area contributed by atoms with E-state index >= 15 is 0 Å². The topological polar surface area (TPSA) is 3.24 Å². The first kappa shape index (κ1) is 35.9. The predicted octanol–water partition coefficient (Wildman–Crippen LogP) is 17.0. The van der Waals surface area contributed by atoms with Crippen LogP contribution in [0.15, 0.2) is 237 Å². The first-order valence-corrected chi connectivity index (χ1v) is 22.6. The van der Waals surface area contributed by atoms with Crippen molar-refractivity contribution in [1.29, 1.82) is 0 Å². The maximum atomic E-state index is 2.45. The van der Waals surface area contributed by atoms with E-state index in [-0.39, 0.29) is 0 Å². The van der Waals surface area contributed by atoms with Crippen LogP contribution in [0.3, 0.4) is 0 Å². The summed E-state index contributed by atoms with van der Waals surface area (Å²) in [4.78, 5) is 2.45. The lowest BCUT2D eigenvalue weighted by Crippen LogP contribution is -2.28. The third-order valence-electron chi connectivity index (χ3n) is 13.5. The minimum Gasteiger partial charge on any atom is -0.310 e. The summed E-state index contributed by atoms with van der Waals surface area (Å²) in [6.07, 6.45) is 0. The third-order valence-corrected chi connectivity index (χ3v) is 14.7. The van der Waals surface area contributed by atoms with Crippen molar-refractivity contribution in [3.8, 4) is 22.3 Å². The first-order chi connectivity index (χ1) is 31.3. The van der Waals surface area contributed by atoms with E-state index in [1.807, 2.05) is 11.3 Å². The number of hydrogen-bond acceptors (Lipinski definition) is 2. The molecule has 13 rings (SSSR count). The van der Waals surface area contributed by atoms with Gasteiger partial charge in [-0.1, -0.05) is 194 Å². The van der Waals surface area contributed by atoms with Gasteiger partial charge in [-0.2, -0.15) is 0 Å². The van der Waals surface area contributed by atoms with Crippen LogP contribution in [-0.4, -0.2) is 0 Å². The highest BCUT2D eigenvalue weighted by Crippen LogP contribution is 2.56. The largest absolute Gasteiger partial charge is 0.310 e. The van der Waals surface area contributed by atoms with Crippen LogP contribution in [0.1, 0.15) is 22.3 Å². The zero-order chi connectivity index (χ0) is 41.5. The van der Waals surface area contributed by atoms with E-state index < -0.39 is 5.41 Å². The van der Waals surface area contributed by atoms with Crippen LogP contribution < -0.4 is 4.90 Å². The van der Waals surface area contributed by atoms with Crippen LogP contribution >= 0.6 is 11.3 Å². The number of nitrogens with zero attached hydrogens (tertiary/aromatic N) is 1. The van der Waals surface area contributed by atoms with E-state index in [0.29, 0.717) is 0 Å². The zero-order valence-electron chi connectivity index (χ0n) is 34.4. The Morgan fingerprint density at radius 1 is 0.302 bits per heavy atom. The van der Waals surface area contributed by atoms with Crippen LogP contribution in [0.25, 0.3) is 74.7 Å². The van der Waals surface area contributed by atoms with Gasteiger partial charge in [0.05, 0.1) is 5.41 Å². The molecule has 0 atom stereocenters. The first-order valence-electron chi connectivity index (χ1n) is 21.8. The average Bonchev–Trinajstić information content (AvgIpc) is 3.89. The maximum Gasteiger partial charge on any atom is 0.0713 e. The molecule has 0 fully saturated rings. The Hall–Kier alpha value is -7.78. The molecule has 294 valence electrons. The Morgan fingerprint density at radius 2 is 0.794 bits per heavy atom. The van der Waals surface area contributed by atoms with E-state index in [4.69, 9.17) is 0 Å². The molecule has 0 aliphatic heterocycles. The molecule has 0 N–H and O–H groups in total. The van der Waals surface area contributed by atoms with Crippen molar-refractivity contribution < 1.29 is 0 Å². The molecule has 0 radical (unpaired) electrons. The van der Waals surface area contributed by atoms with Crippen molar-refractivity contribution >= 4 is 80.9 Å². The molecule has 63 heavy (non-hydrogen) atoms. The summed E-state index contributed by atoms with van der Waals surface area (Å²) in [5.41, 5.74) is 13.0. The molecule has 1 nitrogen and oxygen atoms in total. The highest BCUT2D eigenvalue weighted by atomic mass is 32.1. The highest BCUT2D eigenvalue weighted by molar-refractivity contribution is 7.26. The van der Waals surface area contributed by atoms with Crippen LogP contribution in [0.5, 0.6) is 0 Å². The Labute approximate surface area is 370 Å². The third kappa shape index (κ3) is 5.35. The van der Waals surface area contributed by atoms with E-state index in [1.54, 1.807) is 0 Å². The second-order valence-corrected chi connectivity index (χ2v) is 17.8. The average molecular weight is 818 g/mol. The van der Waals surface area contributed by atoms with Crippen LogP contribution in [-0.2, 0) is 5.41 Å². The molecule has 12 aromatic rings. The predicted molar refractivity (Wildman–Crippen MR) is 269 cm³/mol. The monoisotopic (exact) mass is 817 g/mol. The SMILES string of the molecule is c1ccc(C2(c3ccc(N(c4cccc(-c5cccc6c5sc5ccccc56)c4)c4ccc5c6ccccc6c6ccccc6c5c4)cc3)c3ccccc3-c3ccccc32)cc1. The number of benzene rings is 11. The van der Waals surface area contributed by atoms with E-state index in [0.717, 1.165) is 17.1 Å². The maximum absolute atomic E-state index is 2.45. The lowest BCUT2D eigenvalue weighted by Gasteiger charge is -2.34. The molecule has 1 aromatic heterocycles. The second-order valence-electron chi connectivity index (χ2n) is 16.7. The van der Waals surface area contributed by atoms with Gasteiger partial charge in [0.1, 0.15) is 0 Å². The van der Waals surface area contributed by atoms with Crippen molar-refractivity contribution in [2.45, 2.75) is 5.41 Å². The van der Waals surface area contributed by atoms with Crippen molar-refractivity contribution in [2.24, 2.45) is 0 Å². The highest BCUT2D eigenvalue weighted by Gasteiger charge is 2.45. The zero-order valence-corrected chi connectivity index (χ0v) is 35.2. The fourth-order valence-corrected chi connectivity index (χ4v) is 12.1. The molecule has 2 heteroatoms. The van der Waals surface area contributed by atoms with Gasteiger partial charge in [0.25, 0.3) is 0 Å². The fourth-order valence-electron chi connectivity index (χ4n) is 10.8. The fraction of sp³-hybridized carbons (Fsp3) is 0.0164. The molecule has 0 amide bonds. The van der Waals surface area contributed by atoms with Crippen molar-refractivity contribution in [3.05, 3.63) is 259 Å². The molecule has 1 heterocycles. The Kier molecular flexibility index (Phi) is 8.06. The summed E-state index contributed by atoms with van der Waals surface area (Å²) in [5.74, 6) is 0. The van der Waals surface area contributed by atoms with Gasteiger partial charge in [-0.05, 0) is 119 Å². The van der Waals surface area contributed by atoms with E-state index in [2.05, 4.69) is 241 Å². The second kappa shape index (κ2) is 14.1. The van der Waals surface area contributed by atoms with Gasteiger partial charge < -0.3 is 4.90 Å². The smallest absolute Gasteiger partial charge is 0.0713 e. The summed E-state index contributed by atoms with van der Waals surface area (Å²) in [7, 11) is 0. The molecular formula is C61H39NS. The number of rotatable bonds is 6. The number of anilines is 3. The Bertz CT molecular complexity index is 3670. The van der Waals surface area contributed by atoms with Gasteiger partial charge in [-0.3, -0.25) is 0 Å². The van der Waals surface area contributed by atoms with Crippen LogP contribution in [0.2, 0.25) is 0 Å². The quantitative estimate of drug-likeness (QED) is 0.151. The lowest BCUT2D eigenvalue weighted by atomic mass is 9.68. The van der Waals surface area contributed by atoms with Crippen LogP contribution in [0, 0.1) is 0 Å². The van der Waals surface area contributed by atoms with Crippen molar-refractivity contribution in [3.63, 3.8) is 0 Å². The molecule has 0 unspecified atom stereocenters. The lowest BCUT2D eigenvalue weighted by molar-refractivity contribution is 0.768. The van der Waals surface area contributed by atoms with Gasteiger partial charge in [0.15, 0.2) is 0 Å². The molecule has 0 spiro atoms. The summed E-state index contributed by atoms with van der Waals surface area (Å²) in [5, 5.41) is 10.2. The van der Waals surface area contributed by atoms with E-state index in [9.17, 15) is 0 Å². The van der Waals surface area contributed by atoms with Gasteiger partial charge in [0.2, 0.25) is 0 Å². The van der Waals surface area contributed by atoms with Gasteiger partial charge in [-0.15, -0.1) is 11.3 Å². The van der Waals surface area contributed by atoms with Crippen LogP contribution in [0.4, 0.5) is 17.1 Å². The summed E-state index contributed by atoms with van der Waals surface area (Å²) in [6, 6.07) is 87.8. The van der Waals surface area contributed by atoms with Crippen molar-refractivity contribution in [2.75, 3.05) is 4.90 Å². The number of fused-ring (bicyclic) bond motifs is 12. The number of hydrogen-bond donors (Lipinski definition) is 0. The normalized spacial score (nSPS) is 12.9. The van der Waals surface area contributed by atoms with Gasteiger partial charge >= 0.3 is 0 Å². The standard InChI is InChI=1S/C61H39NS/c1-2-17-41(18-3-1)61(57-29-11-8-24-52(57)53-25-9-12-30-58(53)61)42-32-34-43(35-33-42)62(45-36-37-51-49-22-5-4-20-47(49)48-21-6-7-23-50(48)56(51)39-45)44-19-14-16-40(38-44)46-27-15-28-55-54-26-10-13-31-59(54)63-60(46)55/h1-39H. The van der Waals surface area contributed by atoms with E-state index in [1.165, 1.54) is 97.0 Å².